The maximum absolute atomic E-state index is 11.7. The Hall–Kier alpha value is -1.07. The van der Waals surface area contributed by atoms with E-state index < -0.39 is 0 Å². The molecule has 0 bridgehead atoms. The summed E-state index contributed by atoms with van der Waals surface area (Å²) in [5, 5.41) is 5.66. The molecule has 0 aliphatic rings. The number of hydrogen-bond donors (Lipinski definition) is 2. The molecule has 2 amide bonds. The largest absolute Gasteiger partial charge is 0.352 e. The van der Waals surface area contributed by atoms with E-state index in [0.717, 1.165) is 4.47 Å². The predicted octanol–water partition coefficient (Wildman–Crippen LogP) is 2.36. The molecule has 0 saturated heterocycles. The van der Waals surface area contributed by atoms with Crippen LogP contribution in [0.3, 0.4) is 0 Å². The second kappa shape index (κ2) is 6.75. The Labute approximate surface area is 119 Å². The maximum Gasteiger partial charge on any atom is 0.251 e. The smallest absolute Gasteiger partial charge is 0.251 e. The lowest BCUT2D eigenvalue weighted by atomic mass is 10.2. The molecular formula is C12H14BrClN2O2. The van der Waals surface area contributed by atoms with E-state index in [1.54, 1.807) is 18.2 Å². The Morgan fingerprint density at radius 3 is 2.61 bits per heavy atom. The van der Waals surface area contributed by atoms with Gasteiger partial charge in [0.2, 0.25) is 5.91 Å². The molecule has 98 valence electrons. The fourth-order valence-electron chi connectivity index (χ4n) is 1.27. The number of nitrogens with one attached hydrogen (secondary N) is 2. The number of halogens is 2. The van der Waals surface area contributed by atoms with Crippen molar-refractivity contribution in [1.82, 2.24) is 10.6 Å². The molecule has 0 heterocycles. The third-order valence-electron chi connectivity index (χ3n) is 2.04. The molecule has 18 heavy (non-hydrogen) atoms. The molecule has 0 radical (unpaired) electrons. The zero-order valence-electron chi connectivity index (χ0n) is 10.1. The van der Waals surface area contributed by atoms with E-state index in [4.69, 9.17) is 11.6 Å². The standard InChI is InChI=1S/C12H14BrClN2O2/c1-7(2)16-11(17)6-15-12(18)8-3-4-9(13)10(14)5-8/h3-5,7H,6H2,1-2H3,(H,15,18)(H,16,17). The van der Waals surface area contributed by atoms with Gasteiger partial charge in [-0.05, 0) is 48.0 Å². The van der Waals surface area contributed by atoms with E-state index in [9.17, 15) is 9.59 Å². The van der Waals surface area contributed by atoms with Crippen LogP contribution >= 0.6 is 27.5 Å². The molecule has 6 heteroatoms. The number of carbonyl (C=O) groups is 2. The van der Waals surface area contributed by atoms with Crippen LogP contribution in [0.15, 0.2) is 22.7 Å². The van der Waals surface area contributed by atoms with Crippen molar-refractivity contribution in [2.24, 2.45) is 0 Å². The molecule has 2 N–H and O–H groups in total. The quantitative estimate of drug-likeness (QED) is 0.888. The van der Waals surface area contributed by atoms with Crippen molar-refractivity contribution in [2.75, 3.05) is 6.54 Å². The van der Waals surface area contributed by atoms with Crippen LogP contribution in [-0.2, 0) is 4.79 Å². The van der Waals surface area contributed by atoms with Gasteiger partial charge >= 0.3 is 0 Å². The minimum absolute atomic E-state index is 0.0509. The Bertz CT molecular complexity index is 463. The first-order valence-corrected chi connectivity index (χ1v) is 6.60. The molecule has 1 aromatic carbocycles. The minimum Gasteiger partial charge on any atom is -0.352 e. The number of benzene rings is 1. The lowest BCUT2D eigenvalue weighted by Gasteiger charge is -2.09. The van der Waals surface area contributed by atoms with E-state index in [0.29, 0.717) is 10.6 Å². The third-order valence-corrected chi connectivity index (χ3v) is 3.27. The van der Waals surface area contributed by atoms with E-state index in [1.807, 2.05) is 13.8 Å². The van der Waals surface area contributed by atoms with Crippen LogP contribution in [0.25, 0.3) is 0 Å². The van der Waals surface area contributed by atoms with Crippen molar-refractivity contribution < 1.29 is 9.59 Å². The van der Waals surface area contributed by atoms with Crippen LogP contribution in [0, 0.1) is 0 Å². The van der Waals surface area contributed by atoms with Gasteiger partial charge in [-0.1, -0.05) is 11.6 Å². The van der Waals surface area contributed by atoms with Gasteiger partial charge in [0, 0.05) is 16.1 Å². The van der Waals surface area contributed by atoms with Gasteiger partial charge in [-0.15, -0.1) is 0 Å². The van der Waals surface area contributed by atoms with Crippen LogP contribution in [0.4, 0.5) is 0 Å². The predicted molar refractivity (Wildman–Crippen MR) is 74.8 cm³/mol. The summed E-state index contributed by atoms with van der Waals surface area (Å²) in [6.07, 6.45) is 0. The topological polar surface area (TPSA) is 58.2 Å². The van der Waals surface area contributed by atoms with Crippen LogP contribution < -0.4 is 10.6 Å². The molecule has 0 aromatic heterocycles. The average molecular weight is 334 g/mol. The summed E-state index contributed by atoms with van der Waals surface area (Å²) >= 11 is 9.12. The van der Waals surface area contributed by atoms with E-state index in [1.165, 1.54) is 0 Å². The molecule has 0 saturated carbocycles. The highest BCUT2D eigenvalue weighted by molar-refractivity contribution is 9.10. The molecule has 1 rings (SSSR count). The number of carbonyl (C=O) groups excluding carboxylic acids is 2. The van der Waals surface area contributed by atoms with Crippen molar-refractivity contribution in [2.45, 2.75) is 19.9 Å². The van der Waals surface area contributed by atoms with E-state index in [2.05, 4.69) is 26.6 Å². The summed E-state index contributed by atoms with van der Waals surface area (Å²) in [5.41, 5.74) is 0.417. The fourth-order valence-corrected chi connectivity index (χ4v) is 1.70. The summed E-state index contributed by atoms with van der Waals surface area (Å²) < 4.78 is 0.721. The molecule has 0 aliphatic heterocycles. The monoisotopic (exact) mass is 332 g/mol. The molecule has 0 aliphatic carbocycles. The third kappa shape index (κ3) is 4.66. The van der Waals surface area contributed by atoms with Crippen LogP contribution in [-0.4, -0.2) is 24.4 Å². The van der Waals surface area contributed by atoms with Gasteiger partial charge < -0.3 is 10.6 Å². The summed E-state index contributed by atoms with van der Waals surface area (Å²) in [4.78, 5) is 23.1. The van der Waals surface area contributed by atoms with Crippen molar-refractivity contribution in [3.8, 4) is 0 Å². The molecule has 4 nitrogen and oxygen atoms in total. The SMILES string of the molecule is CC(C)NC(=O)CNC(=O)c1ccc(Br)c(Cl)c1. The Morgan fingerprint density at radius 1 is 1.39 bits per heavy atom. The number of hydrogen-bond acceptors (Lipinski definition) is 2. The molecule has 0 fully saturated rings. The Balaban J connectivity index is 2.55. The second-order valence-electron chi connectivity index (χ2n) is 4.03. The minimum atomic E-state index is -0.330. The number of amides is 2. The molecular weight excluding hydrogens is 320 g/mol. The van der Waals surface area contributed by atoms with Crippen LogP contribution in [0.1, 0.15) is 24.2 Å². The lowest BCUT2D eigenvalue weighted by Crippen LogP contribution is -2.39. The summed E-state index contributed by atoms with van der Waals surface area (Å²) in [6, 6.07) is 4.91. The normalized spacial score (nSPS) is 10.3. The van der Waals surface area contributed by atoms with E-state index >= 15 is 0 Å². The highest BCUT2D eigenvalue weighted by atomic mass is 79.9. The molecule has 0 unspecified atom stereocenters. The molecule has 1 aromatic rings. The van der Waals surface area contributed by atoms with E-state index in [-0.39, 0.29) is 24.4 Å². The van der Waals surface area contributed by atoms with Crippen LogP contribution in [0.5, 0.6) is 0 Å². The second-order valence-corrected chi connectivity index (χ2v) is 5.30. The first-order valence-electron chi connectivity index (χ1n) is 5.42. The van der Waals surface area contributed by atoms with Gasteiger partial charge in [0.05, 0.1) is 11.6 Å². The first kappa shape index (κ1) is 15.0. The van der Waals surface area contributed by atoms with Gasteiger partial charge in [0.25, 0.3) is 5.91 Å². The molecule has 0 atom stereocenters. The van der Waals surface area contributed by atoms with Crippen molar-refractivity contribution >= 4 is 39.3 Å². The highest BCUT2D eigenvalue weighted by Gasteiger charge is 2.10. The zero-order valence-corrected chi connectivity index (χ0v) is 12.4. The van der Waals surface area contributed by atoms with Crippen molar-refractivity contribution in [1.29, 1.82) is 0 Å². The highest BCUT2D eigenvalue weighted by Crippen LogP contribution is 2.22. The Morgan fingerprint density at radius 2 is 2.06 bits per heavy atom. The number of rotatable bonds is 4. The summed E-state index contributed by atoms with van der Waals surface area (Å²) in [5.74, 6) is -0.551. The van der Waals surface area contributed by atoms with Crippen molar-refractivity contribution in [3.05, 3.63) is 33.3 Å². The lowest BCUT2D eigenvalue weighted by molar-refractivity contribution is -0.120. The van der Waals surface area contributed by atoms with Gasteiger partial charge in [0.1, 0.15) is 0 Å². The Kier molecular flexibility index (Phi) is 5.62. The first-order chi connectivity index (χ1) is 8.40. The van der Waals surface area contributed by atoms with Gasteiger partial charge in [-0.3, -0.25) is 9.59 Å². The summed E-state index contributed by atoms with van der Waals surface area (Å²) in [7, 11) is 0. The van der Waals surface area contributed by atoms with Crippen LogP contribution in [0.2, 0.25) is 5.02 Å². The molecule has 0 spiro atoms. The van der Waals surface area contributed by atoms with Gasteiger partial charge in [0.15, 0.2) is 0 Å². The van der Waals surface area contributed by atoms with Gasteiger partial charge in [-0.2, -0.15) is 0 Å². The van der Waals surface area contributed by atoms with Crippen molar-refractivity contribution in [3.63, 3.8) is 0 Å². The average Bonchev–Trinajstić information content (AvgIpc) is 2.28. The van der Waals surface area contributed by atoms with Gasteiger partial charge in [-0.25, -0.2) is 0 Å². The fraction of sp³-hybridized carbons (Fsp3) is 0.333. The maximum atomic E-state index is 11.7. The zero-order chi connectivity index (χ0) is 13.7. The summed E-state index contributed by atoms with van der Waals surface area (Å²) in [6.45, 7) is 3.66.